The van der Waals surface area contributed by atoms with Gasteiger partial charge in [-0.05, 0) is 20.3 Å². The summed E-state index contributed by atoms with van der Waals surface area (Å²) >= 11 is 0. The second-order valence-corrected chi connectivity index (χ2v) is 3.59. The zero-order valence-corrected chi connectivity index (χ0v) is 11.2. The molecule has 0 unspecified atom stereocenters. The van der Waals surface area contributed by atoms with Crippen molar-refractivity contribution >= 4 is 10.4 Å². The van der Waals surface area contributed by atoms with Gasteiger partial charge in [0.15, 0.2) is 0 Å². The van der Waals surface area contributed by atoms with E-state index in [0.29, 0.717) is 6.42 Å². The maximum Gasteiger partial charge on any atom is 1.00 e. The van der Waals surface area contributed by atoms with E-state index in [4.69, 9.17) is 0 Å². The first-order valence-electron chi connectivity index (χ1n) is 2.93. The molecule has 0 amide bonds. The Morgan fingerprint density at radius 1 is 1.45 bits per heavy atom. The third-order valence-corrected chi connectivity index (χ3v) is 1.83. The fourth-order valence-corrected chi connectivity index (χ4v) is 1.01. The van der Waals surface area contributed by atoms with E-state index < -0.39 is 16.0 Å². The average molecular weight is 206 g/mol. The molecule has 62 valence electrons. The molecule has 0 N–H and O–H groups in total. The summed E-state index contributed by atoms with van der Waals surface area (Å²) < 4.78 is 34.3. The molecule has 0 radical (unpaired) electrons. The van der Waals surface area contributed by atoms with Gasteiger partial charge in [0.1, 0.15) is 0 Å². The van der Waals surface area contributed by atoms with Gasteiger partial charge in [-0.2, -0.15) is 0 Å². The van der Waals surface area contributed by atoms with Gasteiger partial charge in [0, 0.05) is 0 Å². The second-order valence-electron chi connectivity index (χ2n) is 2.60. The summed E-state index contributed by atoms with van der Waals surface area (Å²) in [5.41, 5.74) is -0.874. The molecule has 0 aliphatic heterocycles. The van der Waals surface area contributed by atoms with E-state index in [2.05, 4.69) is 4.18 Å². The van der Waals surface area contributed by atoms with Crippen LogP contribution in [0.15, 0.2) is 0 Å². The van der Waals surface area contributed by atoms with Crippen LogP contribution in [0.25, 0.3) is 0 Å². The molecule has 0 atom stereocenters. The van der Waals surface area contributed by atoms with Crippen LogP contribution in [0.5, 0.6) is 0 Å². The summed E-state index contributed by atoms with van der Waals surface area (Å²) in [6.07, 6.45) is 0.481. The van der Waals surface area contributed by atoms with Crippen molar-refractivity contribution in [2.24, 2.45) is 0 Å². The van der Waals surface area contributed by atoms with E-state index in [9.17, 15) is 13.0 Å². The molecular formula is C5H11KO4S. The standard InChI is InChI=1S/C5H12O4S.K/c1-4-5(2,3)9-10(6,7)8;/h4H2,1-3H3,(H,6,7,8);/q;+1/p-1. The van der Waals surface area contributed by atoms with Crippen molar-refractivity contribution in [1.82, 2.24) is 0 Å². The minimum absolute atomic E-state index is 0. The van der Waals surface area contributed by atoms with Crippen LogP contribution in [0, 0.1) is 0 Å². The second kappa shape index (κ2) is 5.28. The fourth-order valence-electron chi connectivity index (χ4n) is 0.335. The molecule has 0 fully saturated rings. The largest absolute Gasteiger partial charge is 1.00 e. The number of rotatable bonds is 3. The predicted octanol–water partition coefficient (Wildman–Crippen LogP) is -2.34. The van der Waals surface area contributed by atoms with E-state index in [1.165, 1.54) is 0 Å². The smallest absolute Gasteiger partial charge is 0.726 e. The molecule has 4 nitrogen and oxygen atoms in total. The maximum atomic E-state index is 10.0. The molecule has 0 saturated heterocycles. The van der Waals surface area contributed by atoms with Gasteiger partial charge in [-0.3, -0.25) is 4.18 Å². The Bertz CT molecular complexity index is 197. The van der Waals surface area contributed by atoms with Crippen LogP contribution in [0.3, 0.4) is 0 Å². The molecule has 0 bridgehead atoms. The van der Waals surface area contributed by atoms with Gasteiger partial charge in [-0.25, -0.2) is 8.42 Å². The van der Waals surface area contributed by atoms with Crippen LogP contribution in [-0.2, 0) is 14.6 Å². The molecule has 0 aromatic carbocycles. The van der Waals surface area contributed by atoms with Gasteiger partial charge >= 0.3 is 51.4 Å². The van der Waals surface area contributed by atoms with Gasteiger partial charge in [0.2, 0.25) is 10.4 Å². The van der Waals surface area contributed by atoms with Crippen LogP contribution >= 0.6 is 0 Å². The van der Waals surface area contributed by atoms with Crippen molar-refractivity contribution in [3.05, 3.63) is 0 Å². The van der Waals surface area contributed by atoms with Crippen molar-refractivity contribution in [2.45, 2.75) is 32.8 Å². The normalized spacial score (nSPS) is 12.4. The average Bonchev–Trinajstić information content (AvgIpc) is 1.60. The van der Waals surface area contributed by atoms with Gasteiger partial charge in [0.05, 0.1) is 5.60 Å². The van der Waals surface area contributed by atoms with Crippen LogP contribution in [-0.4, -0.2) is 18.6 Å². The zero-order valence-electron chi connectivity index (χ0n) is 7.25. The molecule has 0 saturated carbocycles. The van der Waals surface area contributed by atoms with Gasteiger partial charge in [0.25, 0.3) is 0 Å². The Morgan fingerprint density at radius 3 is 1.91 bits per heavy atom. The third-order valence-electron chi connectivity index (χ3n) is 1.18. The van der Waals surface area contributed by atoms with Crippen molar-refractivity contribution in [2.75, 3.05) is 0 Å². The van der Waals surface area contributed by atoms with E-state index >= 15 is 0 Å². The van der Waals surface area contributed by atoms with E-state index in [1.807, 2.05) is 0 Å². The van der Waals surface area contributed by atoms with Crippen LogP contribution in [0.4, 0.5) is 0 Å². The summed E-state index contributed by atoms with van der Waals surface area (Å²) in [5.74, 6) is 0. The van der Waals surface area contributed by atoms with Gasteiger partial charge in [-0.1, -0.05) is 6.92 Å². The summed E-state index contributed by atoms with van der Waals surface area (Å²) in [4.78, 5) is 0. The Kier molecular flexibility index (Phi) is 7.20. The Labute approximate surface area is 110 Å². The fraction of sp³-hybridized carbons (Fsp3) is 1.00. The SMILES string of the molecule is CCC(C)(C)OS(=O)(=O)[O-].[K+]. The molecule has 0 spiro atoms. The van der Waals surface area contributed by atoms with E-state index in [0.717, 1.165) is 0 Å². The Hall–Kier alpha value is 1.51. The first kappa shape index (κ1) is 15.0. The van der Waals surface area contributed by atoms with Crippen LogP contribution in [0.1, 0.15) is 27.2 Å². The monoisotopic (exact) mass is 206 g/mol. The first-order chi connectivity index (χ1) is 4.27. The van der Waals surface area contributed by atoms with Crippen LogP contribution < -0.4 is 51.4 Å². The third kappa shape index (κ3) is 9.42. The van der Waals surface area contributed by atoms with Crippen molar-refractivity contribution in [3.63, 3.8) is 0 Å². The Balaban J connectivity index is 0. The molecule has 11 heavy (non-hydrogen) atoms. The topological polar surface area (TPSA) is 66.4 Å². The van der Waals surface area contributed by atoms with Gasteiger partial charge < -0.3 is 4.55 Å². The summed E-state index contributed by atoms with van der Waals surface area (Å²) in [7, 11) is -4.54. The molecule has 0 aliphatic carbocycles. The van der Waals surface area contributed by atoms with Gasteiger partial charge in [-0.15, -0.1) is 0 Å². The summed E-state index contributed by atoms with van der Waals surface area (Å²) in [6, 6.07) is 0. The molecule has 0 rings (SSSR count). The molecule has 0 aromatic heterocycles. The van der Waals surface area contributed by atoms with E-state index in [1.54, 1.807) is 20.8 Å². The number of hydrogen-bond acceptors (Lipinski definition) is 4. The first-order valence-corrected chi connectivity index (χ1v) is 4.26. The summed E-state index contributed by atoms with van der Waals surface area (Å²) in [6.45, 7) is 4.83. The van der Waals surface area contributed by atoms with Crippen molar-refractivity contribution < 1.29 is 68.5 Å². The van der Waals surface area contributed by atoms with E-state index in [-0.39, 0.29) is 51.4 Å². The van der Waals surface area contributed by atoms with Crippen molar-refractivity contribution in [1.29, 1.82) is 0 Å². The molecular weight excluding hydrogens is 195 g/mol. The molecule has 0 aliphatic rings. The predicted molar refractivity (Wildman–Crippen MR) is 35.2 cm³/mol. The zero-order chi connectivity index (χ0) is 8.41. The molecule has 0 aromatic rings. The quantitative estimate of drug-likeness (QED) is 0.295. The molecule has 6 heteroatoms. The van der Waals surface area contributed by atoms with Crippen molar-refractivity contribution in [3.8, 4) is 0 Å². The Morgan fingerprint density at radius 2 is 1.82 bits per heavy atom. The van der Waals surface area contributed by atoms with Crippen LogP contribution in [0.2, 0.25) is 0 Å². The summed E-state index contributed by atoms with van der Waals surface area (Å²) in [5, 5.41) is 0. The molecule has 0 heterocycles. The minimum atomic E-state index is -4.54. The maximum absolute atomic E-state index is 10.0. The number of hydrogen-bond donors (Lipinski definition) is 0. The minimum Gasteiger partial charge on any atom is -0.726 e.